The lowest BCUT2D eigenvalue weighted by Crippen LogP contribution is -2.48. The monoisotopic (exact) mass is 451 g/mol. The molecule has 0 spiro atoms. The molecule has 0 aliphatic rings. The molecule has 172 valence electrons. The van der Waals surface area contributed by atoms with Crippen LogP contribution in [0.1, 0.15) is 62.0 Å². The topological polar surface area (TPSA) is 113 Å². The van der Waals surface area contributed by atoms with Gasteiger partial charge in [-0.05, 0) is 58.7 Å². The van der Waals surface area contributed by atoms with Crippen LogP contribution in [0.15, 0.2) is 29.5 Å². The van der Waals surface area contributed by atoms with Gasteiger partial charge in [-0.25, -0.2) is 13.1 Å². The fourth-order valence-corrected chi connectivity index (χ4v) is 4.02. The van der Waals surface area contributed by atoms with E-state index in [1.54, 1.807) is 26.0 Å². The van der Waals surface area contributed by atoms with Crippen LogP contribution in [0, 0.1) is 13.8 Å². The molecule has 1 aromatic rings. The molecular formula is C22H33N3O5S. The number of hydrogen-bond acceptors (Lipinski definition) is 5. The summed E-state index contributed by atoms with van der Waals surface area (Å²) in [5, 5.41) is 2.47. The third kappa shape index (κ3) is 7.82. The van der Waals surface area contributed by atoms with E-state index in [9.17, 15) is 22.8 Å². The highest BCUT2D eigenvalue weighted by Crippen LogP contribution is 2.13. The fourth-order valence-electron chi connectivity index (χ4n) is 2.87. The maximum atomic E-state index is 12.8. The van der Waals surface area contributed by atoms with E-state index in [4.69, 9.17) is 0 Å². The Morgan fingerprint density at radius 1 is 1.06 bits per heavy atom. The van der Waals surface area contributed by atoms with Crippen LogP contribution in [-0.2, 0) is 19.6 Å². The third-order valence-corrected chi connectivity index (χ3v) is 6.06. The number of sulfonamides is 1. The summed E-state index contributed by atoms with van der Waals surface area (Å²) in [5.74, 6) is -2.01. The summed E-state index contributed by atoms with van der Waals surface area (Å²) in [6, 6.07) is 4.53. The molecule has 1 unspecified atom stereocenters. The largest absolute Gasteiger partial charge is 0.330 e. The van der Waals surface area contributed by atoms with Crippen LogP contribution < -0.4 is 10.0 Å². The maximum absolute atomic E-state index is 12.8. The second kappa shape index (κ2) is 11.1. The van der Waals surface area contributed by atoms with Crippen molar-refractivity contribution in [2.24, 2.45) is 0 Å². The first-order valence-corrected chi connectivity index (χ1v) is 11.8. The number of nitrogens with one attached hydrogen (secondary N) is 2. The Labute approximate surface area is 185 Å². The predicted molar refractivity (Wildman–Crippen MR) is 121 cm³/mol. The molecule has 31 heavy (non-hydrogen) atoms. The number of amides is 3. The standard InChI is InChI=1S/C22H33N3O5S/c1-8-9-10-31(29,30)24-21(27)19(14(2)3)23-20(26)17(6)25(7)22(28)18-12-15(4)11-16(5)13-18/h11-13,17H,8-10H2,1-7H3,(H,23,26)(H,24,27). The SMILES string of the molecule is CCCCS(=O)(=O)NC(=O)C(NC(=O)C(C)N(C)C(=O)c1cc(C)cc(C)c1)=C(C)C. The number of nitrogens with zero attached hydrogens (tertiary/aromatic N) is 1. The molecule has 8 nitrogen and oxygen atoms in total. The van der Waals surface area contributed by atoms with Crippen molar-refractivity contribution in [3.8, 4) is 0 Å². The lowest BCUT2D eigenvalue weighted by molar-refractivity contribution is -0.126. The molecule has 0 aliphatic heterocycles. The van der Waals surface area contributed by atoms with Crippen molar-refractivity contribution in [3.05, 3.63) is 46.2 Å². The zero-order valence-corrected chi connectivity index (χ0v) is 20.1. The van der Waals surface area contributed by atoms with E-state index < -0.39 is 27.9 Å². The minimum Gasteiger partial charge on any atom is -0.330 e. The number of hydrogen-bond donors (Lipinski definition) is 2. The molecular weight excluding hydrogens is 418 g/mol. The number of aryl methyl sites for hydroxylation is 2. The number of carbonyl (C=O) groups is 3. The lowest BCUT2D eigenvalue weighted by Gasteiger charge is -2.25. The van der Waals surface area contributed by atoms with E-state index in [-0.39, 0.29) is 17.4 Å². The van der Waals surface area contributed by atoms with E-state index in [0.29, 0.717) is 24.0 Å². The second-order valence-electron chi connectivity index (χ2n) is 7.94. The zero-order chi connectivity index (χ0) is 23.9. The highest BCUT2D eigenvalue weighted by molar-refractivity contribution is 7.90. The number of allylic oxidation sites excluding steroid dienone is 1. The minimum atomic E-state index is -3.80. The van der Waals surface area contributed by atoms with Gasteiger partial charge in [0, 0.05) is 12.6 Å². The normalized spacial score (nSPS) is 12.0. The van der Waals surface area contributed by atoms with Crippen molar-refractivity contribution in [2.75, 3.05) is 12.8 Å². The minimum absolute atomic E-state index is 0.149. The van der Waals surface area contributed by atoms with Gasteiger partial charge in [0.25, 0.3) is 11.8 Å². The first-order valence-electron chi connectivity index (χ1n) is 10.2. The van der Waals surface area contributed by atoms with E-state index in [1.165, 1.54) is 18.9 Å². The van der Waals surface area contributed by atoms with Gasteiger partial charge in [0.2, 0.25) is 15.9 Å². The van der Waals surface area contributed by atoms with Crippen molar-refractivity contribution in [1.29, 1.82) is 0 Å². The molecule has 0 fully saturated rings. The summed E-state index contributed by atoms with van der Waals surface area (Å²) in [7, 11) is -2.30. The van der Waals surface area contributed by atoms with Crippen LogP contribution in [0.25, 0.3) is 0 Å². The molecule has 0 saturated carbocycles. The van der Waals surface area contributed by atoms with Crippen molar-refractivity contribution in [1.82, 2.24) is 14.9 Å². The number of likely N-dealkylation sites (N-methyl/N-ethyl adjacent to an activating group) is 1. The van der Waals surface area contributed by atoms with E-state index in [1.807, 2.05) is 31.6 Å². The Balaban J connectivity index is 2.95. The second-order valence-corrected chi connectivity index (χ2v) is 9.78. The summed E-state index contributed by atoms with van der Waals surface area (Å²) in [5.41, 5.74) is 2.61. The molecule has 3 amide bonds. The summed E-state index contributed by atoms with van der Waals surface area (Å²) in [6.45, 7) is 10.3. The van der Waals surface area contributed by atoms with Crippen LogP contribution >= 0.6 is 0 Å². The van der Waals surface area contributed by atoms with Crippen LogP contribution in [0.5, 0.6) is 0 Å². The highest BCUT2D eigenvalue weighted by Gasteiger charge is 2.27. The Bertz CT molecular complexity index is 959. The first kappa shape index (κ1) is 26.4. The van der Waals surface area contributed by atoms with Gasteiger partial charge < -0.3 is 10.2 Å². The fraction of sp³-hybridized carbons (Fsp3) is 0.500. The van der Waals surface area contributed by atoms with E-state index >= 15 is 0 Å². The number of rotatable bonds is 9. The van der Waals surface area contributed by atoms with E-state index in [2.05, 4.69) is 5.32 Å². The Morgan fingerprint density at radius 2 is 1.61 bits per heavy atom. The number of carbonyl (C=O) groups excluding carboxylic acids is 3. The van der Waals surface area contributed by atoms with Crippen LogP contribution in [0.4, 0.5) is 0 Å². The molecule has 0 bridgehead atoms. The average molecular weight is 452 g/mol. The van der Waals surface area contributed by atoms with Gasteiger partial charge in [0.05, 0.1) is 5.75 Å². The molecule has 0 radical (unpaired) electrons. The molecule has 9 heteroatoms. The Hall–Kier alpha value is -2.68. The summed E-state index contributed by atoms with van der Waals surface area (Å²) >= 11 is 0. The van der Waals surface area contributed by atoms with E-state index in [0.717, 1.165) is 11.1 Å². The molecule has 1 rings (SSSR count). The third-order valence-electron chi connectivity index (χ3n) is 4.74. The van der Waals surface area contributed by atoms with Gasteiger partial charge in [-0.15, -0.1) is 0 Å². The van der Waals surface area contributed by atoms with Crippen molar-refractivity contribution in [2.45, 2.75) is 60.4 Å². The van der Waals surface area contributed by atoms with Crippen LogP contribution in [0.2, 0.25) is 0 Å². The molecule has 1 aromatic carbocycles. The lowest BCUT2D eigenvalue weighted by atomic mass is 10.1. The molecule has 1 atom stereocenters. The average Bonchev–Trinajstić information content (AvgIpc) is 2.67. The molecule has 0 aliphatic carbocycles. The number of benzene rings is 1. The van der Waals surface area contributed by atoms with Gasteiger partial charge >= 0.3 is 0 Å². The highest BCUT2D eigenvalue weighted by atomic mass is 32.2. The van der Waals surface area contributed by atoms with Crippen LogP contribution in [-0.4, -0.2) is 49.9 Å². The smallest absolute Gasteiger partial charge is 0.281 e. The first-order chi connectivity index (χ1) is 14.3. The van der Waals surface area contributed by atoms with Gasteiger partial charge in [-0.3, -0.25) is 14.4 Å². The molecule has 2 N–H and O–H groups in total. The van der Waals surface area contributed by atoms with Crippen molar-refractivity contribution in [3.63, 3.8) is 0 Å². The zero-order valence-electron chi connectivity index (χ0n) is 19.3. The summed E-state index contributed by atoms with van der Waals surface area (Å²) in [4.78, 5) is 39.3. The van der Waals surface area contributed by atoms with Gasteiger partial charge in [0.1, 0.15) is 11.7 Å². The molecule has 0 aromatic heterocycles. The maximum Gasteiger partial charge on any atom is 0.281 e. The van der Waals surface area contributed by atoms with Gasteiger partial charge in [0.15, 0.2) is 0 Å². The quantitative estimate of drug-likeness (QED) is 0.560. The van der Waals surface area contributed by atoms with Crippen molar-refractivity contribution >= 4 is 27.7 Å². The summed E-state index contributed by atoms with van der Waals surface area (Å²) in [6.07, 6.45) is 1.08. The van der Waals surface area contributed by atoms with Crippen molar-refractivity contribution < 1.29 is 22.8 Å². The molecule has 0 saturated heterocycles. The number of unbranched alkanes of at least 4 members (excludes halogenated alkanes) is 1. The van der Waals surface area contributed by atoms with Crippen LogP contribution in [0.3, 0.4) is 0 Å². The molecule has 0 heterocycles. The summed E-state index contributed by atoms with van der Waals surface area (Å²) < 4.78 is 26.1. The van der Waals surface area contributed by atoms with Gasteiger partial charge in [-0.2, -0.15) is 0 Å². The Kier molecular flexibility index (Phi) is 9.42. The van der Waals surface area contributed by atoms with Gasteiger partial charge in [-0.1, -0.05) is 30.5 Å². The predicted octanol–water partition coefficient (Wildman–Crippen LogP) is 2.42. The Morgan fingerprint density at radius 3 is 2.10 bits per heavy atom.